The van der Waals surface area contributed by atoms with E-state index >= 15 is 0 Å². The molecule has 2 nitrogen and oxygen atoms in total. The Balaban J connectivity index is 2.61. The van der Waals surface area contributed by atoms with E-state index in [0.29, 0.717) is 0 Å². The van der Waals surface area contributed by atoms with Crippen LogP contribution in [0.25, 0.3) is 0 Å². The lowest BCUT2D eigenvalue weighted by Crippen LogP contribution is -1.93. The van der Waals surface area contributed by atoms with Gasteiger partial charge in [0.1, 0.15) is 0 Å². The van der Waals surface area contributed by atoms with Gasteiger partial charge >= 0.3 is 0 Å². The summed E-state index contributed by atoms with van der Waals surface area (Å²) in [7, 11) is -0.309. The van der Waals surface area contributed by atoms with Crippen LogP contribution in [0, 0.1) is 4.78 Å². The van der Waals surface area contributed by atoms with Crippen molar-refractivity contribution >= 4 is 16.4 Å². The highest BCUT2D eigenvalue weighted by molar-refractivity contribution is 7.86. The zero-order valence-corrected chi connectivity index (χ0v) is 6.24. The number of para-hydroxylation sites is 1. The van der Waals surface area contributed by atoms with Gasteiger partial charge in [0, 0.05) is 10.6 Å². The largest absolute Gasteiger partial charge is 0.374 e. The lowest BCUT2D eigenvalue weighted by molar-refractivity contribution is 1.43. The van der Waals surface area contributed by atoms with Gasteiger partial charge in [0.05, 0.1) is 5.88 Å². The molecule has 1 atom stereocenters. The van der Waals surface area contributed by atoms with Crippen molar-refractivity contribution in [2.75, 3.05) is 11.2 Å². The van der Waals surface area contributed by atoms with E-state index < -0.39 is 0 Å². The second-order valence-electron chi connectivity index (χ2n) is 2.21. The van der Waals surface area contributed by atoms with E-state index in [0.717, 1.165) is 16.5 Å². The molecule has 52 valence electrons. The molecule has 10 heavy (non-hydrogen) atoms. The quantitative estimate of drug-likeness (QED) is 0.584. The first-order valence-electron chi connectivity index (χ1n) is 3.13. The van der Waals surface area contributed by atoms with E-state index in [9.17, 15) is 0 Å². The Morgan fingerprint density at radius 2 is 2.20 bits per heavy atom. The van der Waals surface area contributed by atoms with Crippen molar-refractivity contribution in [1.82, 2.24) is 0 Å². The molecule has 1 heterocycles. The van der Waals surface area contributed by atoms with Crippen LogP contribution in [0.15, 0.2) is 29.2 Å². The standard InChI is InChI=1S/C7H8N2S/c8-10-5-9-6-3-1-2-4-7(6)10/h1-4,8-9H,5H2. The van der Waals surface area contributed by atoms with Crippen molar-refractivity contribution in [2.45, 2.75) is 4.90 Å². The van der Waals surface area contributed by atoms with Gasteiger partial charge in [0.25, 0.3) is 0 Å². The molecular formula is C7H8N2S. The van der Waals surface area contributed by atoms with Crippen LogP contribution in [0.1, 0.15) is 0 Å². The Hall–Kier alpha value is -0.830. The predicted octanol–water partition coefficient (Wildman–Crippen LogP) is 1.81. The van der Waals surface area contributed by atoms with Gasteiger partial charge in [-0.25, -0.2) is 0 Å². The highest BCUT2D eigenvalue weighted by Crippen LogP contribution is 2.24. The van der Waals surface area contributed by atoms with Gasteiger partial charge in [-0.05, 0) is 12.1 Å². The van der Waals surface area contributed by atoms with Gasteiger partial charge in [-0.1, -0.05) is 22.8 Å². The van der Waals surface area contributed by atoms with Gasteiger partial charge in [-0.15, -0.1) is 0 Å². The van der Waals surface area contributed by atoms with Crippen LogP contribution in [0.3, 0.4) is 0 Å². The third-order valence-electron chi connectivity index (χ3n) is 1.56. The third-order valence-corrected chi connectivity index (χ3v) is 2.88. The molecule has 0 aromatic heterocycles. The SMILES string of the molecule is N=S1CNc2ccccc21. The number of fused-ring (bicyclic) bond motifs is 1. The normalized spacial score (nSPS) is 21.8. The molecule has 0 spiro atoms. The molecule has 1 aromatic rings. The number of benzene rings is 1. The van der Waals surface area contributed by atoms with Crippen LogP contribution in [0.4, 0.5) is 5.69 Å². The van der Waals surface area contributed by atoms with E-state index in [4.69, 9.17) is 4.78 Å². The molecule has 2 N–H and O–H groups in total. The van der Waals surface area contributed by atoms with Crippen molar-refractivity contribution in [1.29, 1.82) is 4.78 Å². The highest BCUT2D eigenvalue weighted by Gasteiger charge is 2.11. The summed E-state index contributed by atoms with van der Waals surface area (Å²) < 4.78 is 7.58. The fourth-order valence-corrected chi connectivity index (χ4v) is 2.16. The molecule has 0 amide bonds. The van der Waals surface area contributed by atoms with Crippen LogP contribution < -0.4 is 5.32 Å². The first-order chi connectivity index (χ1) is 4.88. The maximum Gasteiger partial charge on any atom is 0.0760 e. The average molecular weight is 152 g/mol. The zero-order chi connectivity index (χ0) is 6.97. The lowest BCUT2D eigenvalue weighted by atomic mass is 10.3. The van der Waals surface area contributed by atoms with Crippen LogP contribution in [-0.2, 0) is 10.7 Å². The van der Waals surface area contributed by atoms with Crippen molar-refractivity contribution in [2.24, 2.45) is 0 Å². The fourth-order valence-electron chi connectivity index (χ4n) is 1.06. The molecule has 0 fully saturated rings. The number of hydrogen-bond acceptors (Lipinski definition) is 2. The summed E-state index contributed by atoms with van der Waals surface area (Å²) in [6.07, 6.45) is 0. The minimum Gasteiger partial charge on any atom is -0.374 e. The second kappa shape index (κ2) is 2.09. The van der Waals surface area contributed by atoms with Crippen LogP contribution in [0.2, 0.25) is 0 Å². The average Bonchev–Trinajstić information content (AvgIpc) is 2.34. The molecular weight excluding hydrogens is 144 g/mol. The zero-order valence-electron chi connectivity index (χ0n) is 5.42. The van der Waals surface area contributed by atoms with Gasteiger partial charge in [-0.2, -0.15) is 0 Å². The minimum absolute atomic E-state index is 0.309. The van der Waals surface area contributed by atoms with Gasteiger partial charge in [0.2, 0.25) is 0 Å². The van der Waals surface area contributed by atoms with E-state index in [1.165, 1.54) is 0 Å². The van der Waals surface area contributed by atoms with Crippen LogP contribution in [0.5, 0.6) is 0 Å². The Labute approximate surface area is 62.2 Å². The molecule has 3 heteroatoms. The van der Waals surface area contributed by atoms with Crippen molar-refractivity contribution in [3.8, 4) is 0 Å². The van der Waals surface area contributed by atoms with E-state index in [1.54, 1.807) is 0 Å². The number of anilines is 1. The van der Waals surface area contributed by atoms with Crippen molar-refractivity contribution in [3.05, 3.63) is 24.3 Å². The van der Waals surface area contributed by atoms with Crippen LogP contribution >= 0.6 is 0 Å². The maximum atomic E-state index is 7.58. The molecule has 1 unspecified atom stereocenters. The van der Waals surface area contributed by atoms with Gasteiger partial charge in [-0.3, -0.25) is 4.78 Å². The summed E-state index contributed by atoms with van der Waals surface area (Å²) in [6, 6.07) is 8.02. The predicted molar refractivity (Wildman–Crippen MR) is 43.3 cm³/mol. The molecule has 1 aliphatic heterocycles. The Morgan fingerprint density at radius 1 is 1.40 bits per heavy atom. The number of rotatable bonds is 0. The fraction of sp³-hybridized carbons (Fsp3) is 0.143. The summed E-state index contributed by atoms with van der Waals surface area (Å²) in [4.78, 5) is 1.16. The Kier molecular flexibility index (Phi) is 1.24. The van der Waals surface area contributed by atoms with Crippen LogP contribution in [-0.4, -0.2) is 5.88 Å². The van der Waals surface area contributed by atoms with Gasteiger partial charge in [0.15, 0.2) is 0 Å². The lowest BCUT2D eigenvalue weighted by Gasteiger charge is -1.93. The molecule has 0 bridgehead atoms. The maximum absolute atomic E-state index is 7.58. The smallest absolute Gasteiger partial charge is 0.0760 e. The number of nitrogens with one attached hydrogen (secondary N) is 2. The molecule has 1 aromatic carbocycles. The molecule has 2 rings (SSSR count). The minimum atomic E-state index is -0.309. The first kappa shape index (κ1) is 5.92. The summed E-state index contributed by atoms with van der Waals surface area (Å²) in [5.74, 6) is 0.791. The summed E-state index contributed by atoms with van der Waals surface area (Å²) >= 11 is 0. The van der Waals surface area contributed by atoms with E-state index in [2.05, 4.69) is 5.32 Å². The first-order valence-corrected chi connectivity index (χ1v) is 4.52. The monoisotopic (exact) mass is 152 g/mol. The van der Waals surface area contributed by atoms with Gasteiger partial charge < -0.3 is 5.32 Å². The Morgan fingerprint density at radius 3 is 3.00 bits per heavy atom. The van der Waals surface area contributed by atoms with E-state index in [1.807, 2.05) is 24.3 Å². The second-order valence-corrected chi connectivity index (χ2v) is 3.72. The highest BCUT2D eigenvalue weighted by atomic mass is 32.2. The molecule has 0 saturated heterocycles. The molecule has 1 aliphatic rings. The Bertz CT molecular complexity index is 283. The topological polar surface area (TPSA) is 35.9 Å². The molecule has 0 aliphatic carbocycles. The van der Waals surface area contributed by atoms with E-state index in [-0.39, 0.29) is 10.7 Å². The number of hydrogen-bond donors (Lipinski definition) is 2. The molecule has 0 radical (unpaired) electrons. The summed E-state index contributed by atoms with van der Waals surface area (Å²) in [6.45, 7) is 0. The molecule has 0 saturated carbocycles. The van der Waals surface area contributed by atoms with Crippen molar-refractivity contribution in [3.63, 3.8) is 0 Å². The summed E-state index contributed by atoms with van der Waals surface area (Å²) in [5, 5.41) is 3.17. The van der Waals surface area contributed by atoms with Crippen molar-refractivity contribution < 1.29 is 0 Å². The summed E-state index contributed by atoms with van der Waals surface area (Å²) in [5.41, 5.74) is 1.14. The third kappa shape index (κ3) is 0.743.